The fraction of sp³-hybridized carbons (Fsp3) is 0.500. The molecule has 0 bridgehead atoms. The lowest BCUT2D eigenvalue weighted by Gasteiger charge is -2.11. The molecule has 0 aliphatic rings. The molecule has 19 heavy (non-hydrogen) atoms. The number of aryl methyl sites for hydroxylation is 2. The Morgan fingerprint density at radius 3 is 2.42 bits per heavy atom. The average molecular weight is 304 g/mol. The van der Waals surface area contributed by atoms with E-state index in [1.54, 1.807) is 18.4 Å². The van der Waals surface area contributed by atoms with Gasteiger partial charge < -0.3 is 5.73 Å². The number of benzene rings is 1. The summed E-state index contributed by atoms with van der Waals surface area (Å²) in [6, 6.07) is 3.23. The van der Waals surface area contributed by atoms with Gasteiger partial charge in [-0.15, -0.1) is 0 Å². The summed E-state index contributed by atoms with van der Waals surface area (Å²) in [4.78, 5) is 0.105. The Balaban J connectivity index is 2.83. The second-order valence-corrected chi connectivity index (χ2v) is 7.79. The second-order valence-electron chi connectivity index (χ2n) is 4.50. The van der Waals surface area contributed by atoms with E-state index in [9.17, 15) is 12.6 Å². The molecule has 1 aromatic carbocycles. The van der Waals surface area contributed by atoms with Gasteiger partial charge in [-0.2, -0.15) is 0 Å². The molecule has 1 atom stereocenters. The van der Waals surface area contributed by atoms with E-state index in [1.807, 2.05) is 13.8 Å². The fourth-order valence-corrected chi connectivity index (χ4v) is 3.43. The van der Waals surface area contributed by atoms with Crippen molar-refractivity contribution >= 4 is 26.5 Å². The lowest BCUT2D eigenvalue weighted by Crippen LogP contribution is -2.26. The summed E-state index contributed by atoms with van der Waals surface area (Å²) in [6.45, 7) is 3.98. The van der Waals surface area contributed by atoms with Crippen LogP contribution in [0.1, 0.15) is 17.5 Å². The van der Waals surface area contributed by atoms with E-state index in [0.29, 0.717) is 12.2 Å². The molecule has 0 aromatic heterocycles. The lowest BCUT2D eigenvalue weighted by atomic mass is 10.1. The SMILES string of the molecule is Cc1cc(N)c(S(=O)(=O)NCCCS(C)=O)cc1C. The Morgan fingerprint density at radius 1 is 1.26 bits per heavy atom. The van der Waals surface area contributed by atoms with Gasteiger partial charge in [0, 0.05) is 29.4 Å². The fourth-order valence-electron chi connectivity index (χ4n) is 1.60. The molecule has 3 N–H and O–H groups in total. The third kappa shape index (κ3) is 4.59. The third-order valence-electron chi connectivity index (χ3n) is 2.82. The zero-order chi connectivity index (χ0) is 14.6. The number of hydrogen-bond donors (Lipinski definition) is 2. The van der Waals surface area contributed by atoms with Crippen LogP contribution in [0, 0.1) is 13.8 Å². The molecule has 5 nitrogen and oxygen atoms in total. The Hall–Kier alpha value is -0.920. The summed E-state index contributed by atoms with van der Waals surface area (Å²) in [5, 5.41) is 0. The van der Waals surface area contributed by atoms with Crippen LogP contribution in [0.3, 0.4) is 0 Å². The van der Waals surface area contributed by atoms with Crippen molar-refractivity contribution in [1.29, 1.82) is 0 Å². The van der Waals surface area contributed by atoms with Crippen molar-refractivity contribution in [3.05, 3.63) is 23.3 Å². The predicted molar refractivity (Wildman–Crippen MR) is 79.1 cm³/mol. The molecule has 1 unspecified atom stereocenters. The first-order chi connectivity index (χ1) is 8.74. The van der Waals surface area contributed by atoms with Crippen LogP contribution in [-0.2, 0) is 20.8 Å². The van der Waals surface area contributed by atoms with E-state index in [-0.39, 0.29) is 17.1 Å². The van der Waals surface area contributed by atoms with Crippen molar-refractivity contribution in [3.63, 3.8) is 0 Å². The number of hydrogen-bond acceptors (Lipinski definition) is 4. The number of sulfonamides is 1. The van der Waals surface area contributed by atoms with E-state index in [2.05, 4.69) is 4.72 Å². The minimum atomic E-state index is -3.60. The van der Waals surface area contributed by atoms with Gasteiger partial charge in [0.1, 0.15) is 4.90 Å². The minimum absolute atomic E-state index is 0.105. The van der Waals surface area contributed by atoms with E-state index in [1.165, 1.54) is 0 Å². The summed E-state index contributed by atoms with van der Waals surface area (Å²) in [5.74, 6) is 0.477. The monoisotopic (exact) mass is 304 g/mol. The maximum atomic E-state index is 12.1. The van der Waals surface area contributed by atoms with Crippen LogP contribution in [0.25, 0.3) is 0 Å². The van der Waals surface area contributed by atoms with E-state index in [0.717, 1.165) is 11.1 Å². The van der Waals surface area contributed by atoms with Crippen molar-refractivity contribution in [3.8, 4) is 0 Å². The van der Waals surface area contributed by atoms with Gasteiger partial charge in [0.25, 0.3) is 0 Å². The van der Waals surface area contributed by atoms with Gasteiger partial charge in [0.15, 0.2) is 0 Å². The molecule has 7 heteroatoms. The summed E-state index contributed by atoms with van der Waals surface area (Å²) in [5.41, 5.74) is 7.84. The van der Waals surface area contributed by atoms with Crippen molar-refractivity contribution in [2.24, 2.45) is 0 Å². The molecule has 1 aromatic rings. The van der Waals surface area contributed by atoms with Crippen molar-refractivity contribution < 1.29 is 12.6 Å². The van der Waals surface area contributed by atoms with Crippen LogP contribution in [0.2, 0.25) is 0 Å². The molecule has 0 aliphatic heterocycles. The number of nitrogen functional groups attached to an aromatic ring is 1. The molecule has 0 amide bonds. The highest BCUT2D eigenvalue weighted by atomic mass is 32.2. The molecule has 0 fully saturated rings. The second kappa shape index (κ2) is 6.49. The Bertz CT molecular complexity index is 583. The number of nitrogens with two attached hydrogens (primary N) is 1. The first kappa shape index (κ1) is 16.1. The van der Waals surface area contributed by atoms with Gasteiger partial charge in [-0.3, -0.25) is 4.21 Å². The number of anilines is 1. The largest absolute Gasteiger partial charge is 0.398 e. The molecule has 108 valence electrons. The number of rotatable bonds is 6. The lowest BCUT2D eigenvalue weighted by molar-refractivity contribution is 0.581. The first-order valence-electron chi connectivity index (χ1n) is 5.90. The maximum absolute atomic E-state index is 12.1. The average Bonchev–Trinajstić information content (AvgIpc) is 2.29. The van der Waals surface area contributed by atoms with Gasteiger partial charge in [-0.05, 0) is 43.5 Å². The smallest absolute Gasteiger partial charge is 0.242 e. The first-order valence-corrected chi connectivity index (χ1v) is 9.11. The normalized spacial score (nSPS) is 13.4. The molecule has 0 heterocycles. The number of nitrogens with one attached hydrogen (secondary N) is 1. The van der Waals surface area contributed by atoms with Crippen LogP contribution in [-0.4, -0.2) is 31.2 Å². The Morgan fingerprint density at radius 2 is 1.84 bits per heavy atom. The third-order valence-corrected chi connectivity index (χ3v) is 5.20. The van der Waals surface area contributed by atoms with Crippen LogP contribution in [0.15, 0.2) is 17.0 Å². The molecular weight excluding hydrogens is 284 g/mol. The zero-order valence-electron chi connectivity index (χ0n) is 11.4. The highest BCUT2D eigenvalue weighted by Crippen LogP contribution is 2.22. The Kier molecular flexibility index (Phi) is 5.51. The van der Waals surface area contributed by atoms with E-state index >= 15 is 0 Å². The molecule has 0 spiro atoms. The van der Waals surface area contributed by atoms with Crippen molar-refractivity contribution in [2.75, 3.05) is 24.3 Å². The topological polar surface area (TPSA) is 89.3 Å². The Labute approximate surface area is 117 Å². The maximum Gasteiger partial charge on any atom is 0.242 e. The van der Waals surface area contributed by atoms with E-state index < -0.39 is 20.8 Å². The van der Waals surface area contributed by atoms with Gasteiger partial charge >= 0.3 is 0 Å². The highest BCUT2D eigenvalue weighted by molar-refractivity contribution is 7.89. The van der Waals surface area contributed by atoms with Crippen molar-refractivity contribution in [1.82, 2.24) is 4.72 Å². The summed E-state index contributed by atoms with van der Waals surface area (Å²) >= 11 is 0. The molecule has 0 aliphatic carbocycles. The quantitative estimate of drug-likeness (QED) is 0.604. The summed E-state index contributed by atoms with van der Waals surface area (Å²) < 4.78 is 37.6. The van der Waals surface area contributed by atoms with Crippen LogP contribution < -0.4 is 10.5 Å². The molecular formula is C12H20N2O3S2. The zero-order valence-corrected chi connectivity index (χ0v) is 13.0. The van der Waals surface area contributed by atoms with E-state index in [4.69, 9.17) is 5.73 Å². The van der Waals surface area contributed by atoms with Crippen LogP contribution in [0.4, 0.5) is 5.69 Å². The summed E-state index contributed by atoms with van der Waals surface area (Å²) in [6.07, 6.45) is 2.13. The molecule has 1 rings (SSSR count). The van der Waals surface area contributed by atoms with Gasteiger partial charge in [0.2, 0.25) is 10.0 Å². The standard InChI is InChI=1S/C12H20N2O3S2/c1-9-7-11(13)12(8-10(9)2)19(16,17)14-5-4-6-18(3)15/h7-8,14H,4-6,13H2,1-3H3. The van der Waals surface area contributed by atoms with Gasteiger partial charge in [0.05, 0.1) is 5.69 Å². The molecule has 0 saturated carbocycles. The predicted octanol–water partition coefficient (Wildman–Crippen LogP) is 0.933. The van der Waals surface area contributed by atoms with Crippen LogP contribution in [0.5, 0.6) is 0 Å². The highest BCUT2D eigenvalue weighted by Gasteiger charge is 2.17. The molecule has 0 radical (unpaired) electrons. The molecule has 0 saturated heterocycles. The van der Waals surface area contributed by atoms with Crippen molar-refractivity contribution in [2.45, 2.75) is 25.2 Å². The van der Waals surface area contributed by atoms with Gasteiger partial charge in [-0.1, -0.05) is 0 Å². The minimum Gasteiger partial charge on any atom is -0.398 e. The van der Waals surface area contributed by atoms with Gasteiger partial charge in [-0.25, -0.2) is 13.1 Å². The summed E-state index contributed by atoms with van der Waals surface area (Å²) in [7, 11) is -4.51. The van der Waals surface area contributed by atoms with Crippen LogP contribution >= 0.6 is 0 Å².